The van der Waals surface area contributed by atoms with E-state index in [0.717, 1.165) is 34.9 Å². The van der Waals surface area contributed by atoms with Crippen molar-refractivity contribution in [2.24, 2.45) is 0 Å². The van der Waals surface area contributed by atoms with E-state index in [4.69, 9.17) is 4.74 Å². The smallest absolute Gasteiger partial charge is 0.234 e. The molecular weight excluding hydrogens is 432 g/mol. The number of methoxy groups -OCH3 is 1. The topological polar surface area (TPSA) is 69.0 Å². The molecule has 0 fully saturated rings. The lowest BCUT2D eigenvalue weighted by molar-refractivity contribution is -0.113. The second-order valence-electron chi connectivity index (χ2n) is 7.48. The number of benzene rings is 3. The largest absolute Gasteiger partial charge is 0.497 e. The zero-order valence-corrected chi connectivity index (χ0v) is 19.5. The lowest BCUT2D eigenvalue weighted by Gasteiger charge is -2.11. The Balaban J connectivity index is 1.53. The molecule has 1 heterocycles. The van der Waals surface area contributed by atoms with E-state index in [1.54, 1.807) is 7.11 Å². The zero-order chi connectivity index (χ0) is 23.0. The Bertz CT molecular complexity index is 1190. The highest BCUT2D eigenvalue weighted by Crippen LogP contribution is 2.25. The van der Waals surface area contributed by atoms with Gasteiger partial charge >= 0.3 is 0 Å². The standard InChI is InChI=1S/C26H26N4O2S/c1-3-19-9-11-21(12-10-19)27-25(31)18-33-26-29-28-24(17-20-7-5-4-6-8-20)30(26)22-13-15-23(32-2)16-14-22/h4-16H,3,17-18H2,1-2H3,(H,27,31). The molecule has 0 aliphatic carbocycles. The summed E-state index contributed by atoms with van der Waals surface area (Å²) < 4.78 is 7.29. The molecule has 0 saturated carbocycles. The lowest BCUT2D eigenvalue weighted by atomic mass is 10.1. The molecule has 0 bridgehead atoms. The number of thioether (sulfide) groups is 1. The predicted octanol–water partition coefficient (Wildman–Crippen LogP) is 5.16. The van der Waals surface area contributed by atoms with E-state index < -0.39 is 0 Å². The fourth-order valence-electron chi connectivity index (χ4n) is 3.43. The molecule has 0 spiro atoms. The van der Waals surface area contributed by atoms with Crippen LogP contribution in [0.5, 0.6) is 5.75 Å². The number of aromatic nitrogens is 3. The van der Waals surface area contributed by atoms with Crippen LogP contribution in [0.3, 0.4) is 0 Å². The first-order valence-electron chi connectivity index (χ1n) is 10.8. The van der Waals surface area contributed by atoms with Crippen LogP contribution < -0.4 is 10.1 Å². The molecule has 0 aliphatic rings. The number of hydrogen-bond donors (Lipinski definition) is 1. The molecule has 1 N–H and O–H groups in total. The van der Waals surface area contributed by atoms with E-state index >= 15 is 0 Å². The number of nitrogens with one attached hydrogen (secondary N) is 1. The molecular formula is C26H26N4O2S. The molecule has 0 unspecified atom stereocenters. The molecule has 3 aromatic carbocycles. The van der Waals surface area contributed by atoms with E-state index in [2.05, 4.69) is 34.6 Å². The molecule has 7 heteroatoms. The second-order valence-corrected chi connectivity index (χ2v) is 8.42. The van der Waals surface area contributed by atoms with Crippen molar-refractivity contribution in [3.8, 4) is 11.4 Å². The fraction of sp³-hybridized carbons (Fsp3) is 0.192. The minimum absolute atomic E-state index is 0.0851. The Morgan fingerprint density at radius 2 is 1.67 bits per heavy atom. The van der Waals surface area contributed by atoms with Crippen molar-refractivity contribution in [3.05, 3.63) is 95.8 Å². The number of carbonyl (C=O) groups excluding carboxylic acids is 1. The van der Waals surface area contributed by atoms with Crippen molar-refractivity contribution in [2.75, 3.05) is 18.2 Å². The van der Waals surface area contributed by atoms with Crippen LogP contribution in [0.1, 0.15) is 23.9 Å². The van der Waals surface area contributed by atoms with Crippen LogP contribution in [-0.2, 0) is 17.6 Å². The predicted molar refractivity (Wildman–Crippen MR) is 132 cm³/mol. The summed E-state index contributed by atoms with van der Waals surface area (Å²) in [6.07, 6.45) is 1.60. The fourth-order valence-corrected chi connectivity index (χ4v) is 4.20. The summed E-state index contributed by atoms with van der Waals surface area (Å²) in [6, 6.07) is 25.8. The van der Waals surface area contributed by atoms with Gasteiger partial charge in [0.2, 0.25) is 5.91 Å². The highest BCUT2D eigenvalue weighted by molar-refractivity contribution is 7.99. The van der Waals surface area contributed by atoms with Gasteiger partial charge in [-0.25, -0.2) is 0 Å². The summed E-state index contributed by atoms with van der Waals surface area (Å²) in [6.45, 7) is 2.11. The van der Waals surface area contributed by atoms with Crippen molar-refractivity contribution in [1.29, 1.82) is 0 Å². The van der Waals surface area contributed by atoms with Gasteiger partial charge in [-0.15, -0.1) is 10.2 Å². The van der Waals surface area contributed by atoms with E-state index in [1.807, 2.05) is 71.3 Å². The SMILES string of the molecule is CCc1ccc(NC(=O)CSc2nnc(Cc3ccccc3)n2-c2ccc(OC)cc2)cc1. The monoisotopic (exact) mass is 458 g/mol. The van der Waals surface area contributed by atoms with E-state index in [-0.39, 0.29) is 11.7 Å². The summed E-state index contributed by atoms with van der Waals surface area (Å²) in [5, 5.41) is 12.5. The Morgan fingerprint density at radius 3 is 2.33 bits per heavy atom. The summed E-state index contributed by atoms with van der Waals surface area (Å²) in [4.78, 5) is 12.6. The number of amides is 1. The highest BCUT2D eigenvalue weighted by atomic mass is 32.2. The average Bonchev–Trinajstić information content (AvgIpc) is 3.26. The van der Waals surface area contributed by atoms with Gasteiger partial charge in [-0.1, -0.05) is 61.2 Å². The zero-order valence-electron chi connectivity index (χ0n) is 18.7. The number of aryl methyl sites for hydroxylation is 1. The average molecular weight is 459 g/mol. The molecule has 168 valence electrons. The molecule has 4 aromatic rings. The number of carbonyl (C=O) groups is 1. The van der Waals surface area contributed by atoms with Crippen LogP contribution in [0, 0.1) is 0 Å². The normalized spacial score (nSPS) is 10.7. The Morgan fingerprint density at radius 1 is 0.939 bits per heavy atom. The van der Waals surface area contributed by atoms with Crippen LogP contribution in [0.4, 0.5) is 5.69 Å². The molecule has 0 radical (unpaired) electrons. The first-order valence-corrected chi connectivity index (χ1v) is 11.8. The first-order chi connectivity index (χ1) is 16.2. The molecule has 4 rings (SSSR count). The van der Waals surface area contributed by atoms with Gasteiger partial charge in [-0.2, -0.15) is 0 Å². The minimum Gasteiger partial charge on any atom is -0.497 e. The van der Waals surface area contributed by atoms with Crippen LogP contribution in [0.15, 0.2) is 84.0 Å². The number of hydrogen-bond acceptors (Lipinski definition) is 5. The van der Waals surface area contributed by atoms with E-state index in [0.29, 0.717) is 11.6 Å². The summed E-state index contributed by atoms with van der Waals surface area (Å²) >= 11 is 1.36. The van der Waals surface area contributed by atoms with E-state index in [1.165, 1.54) is 17.3 Å². The van der Waals surface area contributed by atoms with Gasteiger partial charge in [0.25, 0.3) is 0 Å². The van der Waals surface area contributed by atoms with Crippen LogP contribution in [0.25, 0.3) is 5.69 Å². The minimum atomic E-state index is -0.0851. The maximum absolute atomic E-state index is 12.6. The van der Waals surface area contributed by atoms with Gasteiger partial charge in [0, 0.05) is 17.8 Å². The highest BCUT2D eigenvalue weighted by Gasteiger charge is 2.16. The molecule has 0 atom stereocenters. The van der Waals surface area contributed by atoms with Crippen molar-refractivity contribution in [3.63, 3.8) is 0 Å². The number of ether oxygens (including phenoxy) is 1. The van der Waals surface area contributed by atoms with Crippen LogP contribution in [-0.4, -0.2) is 33.5 Å². The summed E-state index contributed by atoms with van der Waals surface area (Å²) in [7, 11) is 1.64. The second kappa shape index (κ2) is 10.8. The Labute approximate surface area is 198 Å². The number of nitrogens with zero attached hydrogens (tertiary/aromatic N) is 3. The summed E-state index contributed by atoms with van der Waals surface area (Å²) in [5.74, 6) is 1.73. The molecule has 0 saturated heterocycles. The first kappa shape index (κ1) is 22.6. The molecule has 6 nitrogen and oxygen atoms in total. The van der Waals surface area contributed by atoms with Crippen molar-refractivity contribution >= 4 is 23.4 Å². The van der Waals surface area contributed by atoms with Gasteiger partial charge < -0.3 is 10.1 Å². The van der Waals surface area contributed by atoms with Gasteiger partial charge in [-0.05, 0) is 53.9 Å². The Kier molecular flexibility index (Phi) is 7.42. The third-order valence-electron chi connectivity index (χ3n) is 5.21. The van der Waals surface area contributed by atoms with Crippen LogP contribution in [0.2, 0.25) is 0 Å². The summed E-state index contributed by atoms with van der Waals surface area (Å²) in [5.41, 5.74) is 4.09. The van der Waals surface area contributed by atoms with E-state index in [9.17, 15) is 4.79 Å². The molecule has 0 aliphatic heterocycles. The quantitative estimate of drug-likeness (QED) is 0.351. The molecule has 1 aromatic heterocycles. The van der Waals surface area contributed by atoms with Gasteiger partial charge in [0.15, 0.2) is 5.16 Å². The Hall–Kier alpha value is -3.58. The maximum atomic E-state index is 12.6. The maximum Gasteiger partial charge on any atom is 0.234 e. The van der Waals surface area contributed by atoms with Gasteiger partial charge in [0.05, 0.1) is 12.9 Å². The van der Waals surface area contributed by atoms with Gasteiger partial charge in [-0.3, -0.25) is 9.36 Å². The molecule has 33 heavy (non-hydrogen) atoms. The van der Waals surface area contributed by atoms with Crippen molar-refractivity contribution in [1.82, 2.24) is 14.8 Å². The lowest BCUT2D eigenvalue weighted by Crippen LogP contribution is -2.14. The molecule has 1 amide bonds. The van der Waals surface area contributed by atoms with Gasteiger partial charge in [0.1, 0.15) is 11.6 Å². The van der Waals surface area contributed by atoms with Crippen molar-refractivity contribution < 1.29 is 9.53 Å². The van der Waals surface area contributed by atoms with Crippen molar-refractivity contribution in [2.45, 2.75) is 24.9 Å². The van der Waals surface area contributed by atoms with Crippen LogP contribution >= 0.6 is 11.8 Å². The number of rotatable bonds is 9. The number of anilines is 1. The third kappa shape index (κ3) is 5.81. The third-order valence-corrected chi connectivity index (χ3v) is 6.14.